The number of hydrogen-bond acceptors (Lipinski definition) is 3. The molecule has 4 aliphatic rings. The van der Waals surface area contributed by atoms with Gasteiger partial charge in [-0.25, -0.2) is 0 Å². The summed E-state index contributed by atoms with van der Waals surface area (Å²) < 4.78 is 10.8. The Hall–Kier alpha value is -0.570. The van der Waals surface area contributed by atoms with Crippen LogP contribution in [0, 0.1) is 29.1 Å². The molecule has 4 rings (SSSR count). The minimum atomic E-state index is 0.0292. The monoisotopic (exact) mass is 334 g/mol. The Morgan fingerprint density at radius 2 is 1.75 bits per heavy atom. The standard InChI is InChI=1S/C21H34O3/c1-21(17-6-7-18-19(13-17)24-18)10-8-14(9-11-21)15-4-3-5-16(12-15)20(22)23-2/h14-19H,3-13H2,1-2H3. The van der Waals surface area contributed by atoms with Crippen molar-refractivity contribution in [1.29, 1.82) is 0 Å². The van der Waals surface area contributed by atoms with Gasteiger partial charge in [-0.2, -0.15) is 0 Å². The van der Waals surface area contributed by atoms with Gasteiger partial charge in [0.2, 0.25) is 0 Å². The highest BCUT2D eigenvalue weighted by molar-refractivity contribution is 5.72. The maximum atomic E-state index is 11.9. The molecule has 3 heteroatoms. The molecule has 3 nitrogen and oxygen atoms in total. The molecule has 4 fully saturated rings. The third kappa shape index (κ3) is 3.25. The second kappa shape index (κ2) is 6.63. The summed E-state index contributed by atoms with van der Waals surface area (Å²) in [6.07, 6.45) is 15.4. The number of esters is 1. The maximum Gasteiger partial charge on any atom is 0.308 e. The van der Waals surface area contributed by atoms with Gasteiger partial charge in [0.05, 0.1) is 25.2 Å². The number of ether oxygens (including phenoxy) is 2. The molecular formula is C21H34O3. The van der Waals surface area contributed by atoms with E-state index in [0.717, 1.165) is 30.6 Å². The van der Waals surface area contributed by atoms with Crippen LogP contribution in [0.4, 0.5) is 0 Å². The normalized spacial score (nSPS) is 48.4. The van der Waals surface area contributed by atoms with Crippen LogP contribution >= 0.6 is 0 Å². The molecule has 1 saturated heterocycles. The summed E-state index contributed by atoms with van der Waals surface area (Å²) >= 11 is 0. The summed E-state index contributed by atoms with van der Waals surface area (Å²) in [5, 5.41) is 0. The van der Waals surface area contributed by atoms with Crippen LogP contribution in [0.25, 0.3) is 0 Å². The molecule has 0 aromatic carbocycles. The Balaban J connectivity index is 1.31. The maximum absolute atomic E-state index is 11.9. The average Bonchev–Trinajstić information content (AvgIpc) is 3.40. The van der Waals surface area contributed by atoms with Gasteiger partial charge < -0.3 is 9.47 Å². The van der Waals surface area contributed by atoms with Crippen LogP contribution in [0.5, 0.6) is 0 Å². The zero-order valence-corrected chi connectivity index (χ0v) is 15.5. The van der Waals surface area contributed by atoms with Crippen molar-refractivity contribution >= 4 is 5.97 Å². The van der Waals surface area contributed by atoms with Crippen LogP contribution in [0.2, 0.25) is 0 Å². The summed E-state index contributed by atoms with van der Waals surface area (Å²) in [7, 11) is 1.54. The van der Waals surface area contributed by atoms with Crippen LogP contribution in [0.15, 0.2) is 0 Å². The molecule has 0 aromatic heterocycles. The predicted molar refractivity (Wildman–Crippen MR) is 93.5 cm³/mol. The quantitative estimate of drug-likeness (QED) is 0.553. The fourth-order valence-corrected chi connectivity index (χ4v) is 6.25. The molecule has 136 valence electrons. The number of methoxy groups -OCH3 is 1. The van der Waals surface area contributed by atoms with E-state index in [-0.39, 0.29) is 11.9 Å². The van der Waals surface area contributed by atoms with Crippen molar-refractivity contribution in [3.05, 3.63) is 0 Å². The van der Waals surface area contributed by atoms with Crippen LogP contribution in [0.3, 0.4) is 0 Å². The molecular weight excluding hydrogens is 300 g/mol. The summed E-state index contributed by atoms with van der Waals surface area (Å²) in [5.74, 6) is 2.69. The number of epoxide rings is 1. The zero-order chi connectivity index (χ0) is 16.7. The van der Waals surface area contributed by atoms with Gasteiger partial charge in [0.25, 0.3) is 0 Å². The van der Waals surface area contributed by atoms with Gasteiger partial charge in [-0.05, 0) is 81.0 Å². The van der Waals surface area contributed by atoms with Crippen molar-refractivity contribution in [3.8, 4) is 0 Å². The van der Waals surface area contributed by atoms with Crippen molar-refractivity contribution in [2.24, 2.45) is 29.1 Å². The third-order valence-electron chi connectivity index (χ3n) is 8.08. The van der Waals surface area contributed by atoms with Crippen LogP contribution in [-0.4, -0.2) is 25.3 Å². The molecule has 1 heterocycles. The minimum absolute atomic E-state index is 0.0292. The van der Waals surface area contributed by atoms with Crippen molar-refractivity contribution in [3.63, 3.8) is 0 Å². The smallest absolute Gasteiger partial charge is 0.308 e. The van der Waals surface area contributed by atoms with Gasteiger partial charge in [-0.15, -0.1) is 0 Å². The molecule has 5 atom stereocenters. The Morgan fingerprint density at radius 3 is 2.46 bits per heavy atom. The van der Waals surface area contributed by atoms with Crippen LogP contribution < -0.4 is 0 Å². The lowest BCUT2D eigenvalue weighted by Crippen LogP contribution is -2.37. The lowest BCUT2D eigenvalue weighted by atomic mass is 9.58. The molecule has 3 aliphatic carbocycles. The molecule has 0 N–H and O–H groups in total. The number of carbonyl (C=O) groups is 1. The summed E-state index contributed by atoms with van der Waals surface area (Å²) in [4.78, 5) is 11.9. The van der Waals surface area contributed by atoms with Crippen molar-refractivity contribution in [2.45, 2.75) is 89.8 Å². The van der Waals surface area contributed by atoms with E-state index >= 15 is 0 Å². The van der Waals surface area contributed by atoms with E-state index in [1.165, 1.54) is 64.9 Å². The summed E-state index contributed by atoms with van der Waals surface area (Å²) in [5.41, 5.74) is 0.545. The first-order valence-corrected chi connectivity index (χ1v) is 10.3. The molecule has 0 amide bonds. The lowest BCUT2D eigenvalue weighted by Gasteiger charge is -2.46. The summed E-state index contributed by atoms with van der Waals surface area (Å²) in [6.45, 7) is 2.55. The first kappa shape index (κ1) is 16.9. The number of fused-ring (bicyclic) bond motifs is 1. The number of carbonyl (C=O) groups excluding carboxylic acids is 1. The van der Waals surface area contributed by atoms with E-state index in [4.69, 9.17) is 9.47 Å². The van der Waals surface area contributed by atoms with Gasteiger partial charge in [0.15, 0.2) is 0 Å². The molecule has 3 saturated carbocycles. The zero-order valence-electron chi connectivity index (χ0n) is 15.5. The fraction of sp³-hybridized carbons (Fsp3) is 0.952. The van der Waals surface area contributed by atoms with E-state index in [1.807, 2.05) is 0 Å². The van der Waals surface area contributed by atoms with Gasteiger partial charge in [-0.1, -0.05) is 19.8 Å². The second-order valence-electron chi connectivity index (χ2n) is 9.36. The molecule has 0 spiro atoms. The highest BCUT2D eigenvalue weighted by Crippen LogP contribution is 2.54. The fourth-order valence-electron chi connectivity index (χ4n) is 6.25. The van der Waals surface area contributed by atoms with Crippen LogP contribution in [0.1, 0.15) is 77.6 Å². The molecule has 0 bridgehead atoms. The third-order valence-corrected chi connectivity index (χ3v) is 8.08. The highest BCUT2D eigenvalue weighted by atomic mass is 16.6. The predicted octanol–water partition coefficient (Wildman–Crippen LogP) is 4.73. The van der Waals surface area contributed by atoms with E-state index in [0.29, 0.717) is 17.6 Å². The first-order chi connectivity index (χ1) is 11.6. The largest absolute Gasteiger partial charge is 0.469 e. The first-order valence-electron chi connectivity index (χ1n) is 10.3. The van der Waals surface area contributed by atoms with E-state index < -0.39 is 0 Å². The number of rotatable bonds is 3. The van der Waals surface area contributed by atoms with Crippen molar-refractivity contribution in [1.82, 2.24) is 0 Å². The van der Waals surface area contributed by atoms with Crippen molar-refractivity contribution < 1.29 is 14.3 Å². The average molecular weight is 335 g/mol. The minimum Gasteiger partial charge on any atom is -0.469 e. The van der Waals surface area contributed by atoms with Gasteiger partial charge in [0.1, 0.15) is 0 Å². The lowest BCUT2D eigenvalue weighted by molar-refractivity contribution is -0.147. The highest BCUT2D eigenvalue weighted by Gasteiger charge is 2.49. The Bertz CT molecular complexity index is 466. The molecule has 24 heavy (non-hydrogen) atoms. The Labute approximate surface area is 146 Å². The molecule has 1 aliphatic heterocycles. The van der Waals surface area contributed by atoms with Crippen LogP contribution in [-0.2, 0) is 14.3 Å². The molecule has 0 radical (unpaired) electrons. The van der Waals surface area contributed by atoms with E-state index in [2.05, 4.69) is 6.92 Å². The second-order valence-corrected chi connectivity index (χ2v) is 9.36. The van der Waals surface area contributed by atoms with Gasteiger partial charge >= 0.3 is 5.97 Å². The van der Waals surface area contributed by atoms with E-state index in [9.17, 15) is 4.79 Å². The molecule has 5 unspecified atom stereocenters. The van der Waals surface area contributed by atoms with Gasteiger partial charge in [0, 0.05) is 0 Å². The SMILES string of the molecule is COC(=O)C1CCCC(C2CCC(C)(C3CCC4OC4C3)CC2)C1. The Kier molecular flexibility index (Phi) is 4.66. The Morgan fingerprint density at radius 1 is 0.958 bits per heavy atom. The molecule has 0 aromatic rings. The van der Waals surface area contributed by atoms with Crippen molar-refractivity contribution in [2.75, 3.05) is 7.11 Å². The van der Waals surface area contributed by atoms with Gasteiger partial charge in [-0.3, -0.25) is 4.79 Å². The van der Waals surface area contributed by atoms with E-state index in [1.54, 1.807) is 0 Å². The number of hydrogen-bond donors (Lipinski definition) is 0. The summed E-state index contributed by atoms with van der Waals surface area (Å²) in [6, 6.07) is 0. The topological polar surface area (TPSA) is 38.8 Å².